The fraction of sp³-hybridized carbons (Fsp3) is 0.118. The number of hydrogen-bond donors (Lipinski definition) is 2. The highest BCUT2D eigenvalue weighted by Crippen LogP contribution is 2.39. The van der Waals surface area contributed by atoms with Crippen LogP contribution in [0.4, 0.5) is 10.2 Å². The minimum atomic E-state index is -0.278. The van der Waals surface area contributed by atoms with Crippen LogP contribution in [0.1, 0.15) is 16.1 Å². The lowest BCUT2D eigenvalue weighted by atomic mass is 9.97. The van der Waals surface area contributed by atoms with Crippen LogP contribution in [0.25, 0.3) is 27.7 Å². The molecule has 126 valence electrons. The Balaban J connectivity index is 2.08. The average molecular weight is 355 g/mol. The monoisotopic (exact) mass is 355 g/mol. The molecule has 1 aromatic carbocycles. The summed E-state index contributed by atoms with van der Waals surface area (Å²) in [5, 5.41) is 7.78. The van der Waals surface area contributed by atoms with Gasteiger partial charge in [0.25, 0.3) is 0 Å². The fourth-order valence-corrected chi connectivity index (χ4v) is 3.84. The molecule has 0 bridgehead atoms. The highest BCUT2D eigenvalue weighted by atomic mass is 32.2. The van der Waals surface area contributed by atoms with E-state index in [4.69, 9.17) is 5.73 Å². The number of aromatic nitrogens is 4. The number of aldehydes is 1. The quantitative estimate of drug-likeness (QED) is 0.434. The van der Waals surface area contributed by atoms with E-state index in [9.17, 15) is 9.18 Å². The van der Waals surface area contributed by atoms with Gasteiger partial charge in [-0.3, -0.25) is 14.3 Å². The van der Waals surface area contributed by atoms with Gasteiger partial charge in [0, 0.05) is 17.1 Å². The van der Waals surface area contributed by atoms with Crippen LogP contribution in [0.15, 0.2) is 29.4 Å². The number of halogens is 1. The molecule has 3 N–H and O–H groups in total. The third-order valence-corrected chi connectivity index (χ3v) is 5.12. The van der Waals surface area contributed by atoms with Crippen molar-refractivity contribution in [1.82, 2.24) is 19.6 Å². The summed E-state index contributed by atoms with van der Waals surface area (Å²) in [5.41, 5.74) is 9.28. The number of anilines is 1. The first-order chi connectivity index (χ1) is 12.1. The van der Waals surface area contributed by atoms with Gasteiger partial charge in [-0.25, -0.2) is 9.37 Å². The second-order valence-corrected chi connectivity index (χ2v) is 6.47. The Morgan fingerprint density at radius 3 is 2.92 bits per heavy atom. The maximum absolute atomic E-state index is 14.9. The second kappa shape index (κ2) is 5.59. The first-order valence-electron chi connectivity index (χ1n) is 7.49. The van der Waals surface area contributed by atoms with E-state index in [0.29, 0.717) is 27.9 Å². The lowest BCUT2D eigenvalue weighted by molar-refractivity contribution is 0.111. The number of imidazole rings is 1. The maximum atomic E-state index is 14.9. The predicted octanol–water partition coefficient (Wildman–Crippen LogP) is 3.44. The number of rotatable bonds is 3. The molecular weight excluding hydrogens is 341 g/mol. The van der Waals surface area contributed by atoms with E-state index in [1.807, 2.05) is 12.3 Å². The van der Waals surface area contributed by atoms with E-state index in [2.05, 4.69) is 15.2 Å². The Bertz CT molecular complexity index is 1150. The molecule has 3 heterocycles. The van der Waals surface area contributed by atoms with Crippen molar-refractivity contribution in [2.45, 2.75) is 11.8 Å². The lowest BCUT2D eigenvalue weighted by Gasteiger charge is -2.13. The Kier molecular flexibility index (Phi) is 3.50. The molecular formula is C17H14FN5OS. The topological polar surface area (TPSA) is 89.1 Å². The van der Waals surface area contributed by atoms with Crippen LogP contribution in [0.3, 0.4) is 0 Å². The summed E-state index contributed by atoms with van der Waals surface area (Å²) >= 11 is 1.34. The molecule has 0 saturated carbocycles. The van der Waals surface area contributed by atoms with Crippen molar-refractivity contribution in [1.29, 1.82) is 0 Å². The van der Waals surface area contributed by atoms with Crippen LogP contribution < -0.4 is 5.73 Å². The van der Waals surface area contributed by atoms with Crippen molar-refractivity contribution in [2.24, 2.45) is 0 Å². The predicted molar refractivity (Wildman–Crippen MR) is 96.6 cm³/mol. The summed E-state index contributed by atoms with van der Waals surface area (Å²) < 4.78 is 16.5. The van der Waals surface area contributed by atoms with E-state index >= 15 is 0 Å². The Labute approximate surface area is 146 Å². The normalized spacial score (nSPS) is 11.5. The number of fused-ring (bicyclic) bond motifs is 2. The SMILES string of the molecule is CSc1c(F)c(C)c(-c2ccc3nc(N)c(C=O)n3c2)c2cn[nH]c12. The van der Waals surface area contributed by atoms with Crippen LogP contribution >= 0.6 is 11.8 Å². The van der Waals surface area contributed by atoms with Crippen molar-refractivity contribution in [3.8, 4) is 11.1 Å². The fourth-order valence-electron chi connectivity index (χ4n) is 3.15. The first-order valence-corrected chi connectivity index (χ1v) is 8.71. The van der Waals surface area contributed by atoms with Gasteiger partial charge in [-0.05, 0) is 36.4 Å². The lowest BCUT2D eigenvalue weighted by Crippen LogP contribution is -1.97. The molecule has 0 aliphatic carbocycles. The molecule has 25 heavy (non-hydrogen) atoms. The number of carbonyl (C=O) groups is 1. The number of nitrogens with zero attached hydrogens (tertiary/aromatic N) is 3. The average Bonchev–Trinajstić information content (AvgIpc) is 3.19. The summed E-state index contributed by atoms with van der Waals surface area (Å²) in [6, 6.07) is 3.59. The number of hydrogen-bond acceptors (Lipinski definition) is 5. The highest BCUT2D eigenvalue weighted by molar-refractivity contribution is 7.98. The molecule has 0 aliphatic heterocycles. The highest BCUT2D eigenvalue weighted by Gasteiger charge is 2.20. The molecule has 0 atom stereocenters. The number of thioether (sulfide) groups is 1. The number of nitrogens with two attached hydrogens (primary N) is 1. The minimum absolute atomic E-state index is 0.168. The van der Waals surface area contributed by atoms with Gasteiger partial charge >= 0.3 is 0 Å². The summed E-state index contributed by atoms with van der Waals surface area (Å²) in [5.74, 6) is -0.110. The van der Waals surface area contributed by atoms with E-state index < -0.39 is 0 Å². The zero-order chi connectivity index (χ0) is 17.7. The molecule has 0 fully saturated rings. The number of H-pyrrole nitrogens is 1. The third kappa shape index (κ3) is 2.14. The van der Waals surface area contributed by atoms with Crippen LogP contribution in [0.5, 0.6) is 0 Å². The van der Waals surface area contributed by atoms with Crippen molar-refractivity contribution in [2.75, 3.05) is 12.0 Å². The standard InChI is InChI=1S/C17H14FN5OS/c1-8-13(10-5-20-22-15(10)16(25-2)14(8)18)9-3-4-12-21-17(19)11(7-24)23(12)6-9/h3-7H,19H2,1-2H3,(H,20,22). The van der Waals surface area contributed by atoms with Crippen LogP contribution in [0.2, 0.25) is 0 Å². The summed E-state index contributed by atoms with van der Waals surface area (Å²) in [4.78, 5) is 16.0. The maximum Gasteiger partial charge on any atom is 0.170 e. The second-order valence-electron chi connectivity index (χ2n) is 5.65. The summed E-state index contributed by atoms with van der Waals surface area (Å²) in [6.45, 7) is 1.74. The van der Waals surface area contributed by atoms with Crippen LogP contribution in [-0.2, 0) is 0 Å². The van der Waals surface area contributed by atoms with Crippen LogP contribution in [0, 0.1) is 12.7 Å². The molecule has 4 rings (SSSR count). The molecule has 6 nitrogen and oxygen atoms in total. The molecule has 0 radical (unpaired) electrons. The summed E-state index contributed by atoms with van der Waals surface area (Å²) in [6.07, 6.45) is 5.92. The molecule has 0 aliphatic rings. The first kappa shape index (κ1) is 15.6. The Morgan fingerprint density at radius 2 is 2.20 bits per heavy atom. The van der Waals surface area contributed by atoms with Crippen molar-refractivity contribution in [3.05, 3.63) is 41.6 Å². The smallest absolute Gasteiger partial charge is 0.170 e. The van der Waals surface area contributed by atoms with Gasteiger partial charge < -0.3 is 5.73 Å². The van der Waals surface area contributed by atoms with E-state index in [1.165, 1.54) is 11.8 Å². The van der Waals surface area contributed by atoms with Crippen molar-refractivity contribution in [3.63, 3.8) is 0 Å². The number of aromatic amines is 1. The largest absolute Gasteiger partial charge is 0.382 e. The number of nitrogens with one attached hydrogen (secondary N) is 1. The molecule has 0 amide bonds. The minimum Gasteiger partial charge on any atom is -0.382 e. The van der Waals surface area contributed by atoms with Crippen LogP contribution in [-0.4, -0.2) is 32.1 Å². The molecule has 8 heteroatoms. The third-order valence-electron chi connectivity index (χ3n) is 4.33. The van der Waals surface area contributed by atoms with Gasteiger partial charge in [0.15, 0.2) is 12.1 Å². The van der Waals surface area contributed by atoms with E-state index in [-0.39, 0.29) is 17.3 Å². The zero-order valence-corrected chi connectivity index (χ0v) is 14.3. The molecule has 0 saturated heterocycles. The Hall–Kier alpha value is -2.87. The number of pyridine rings is 1. The molecule has 0 spiro atoms. The molecule has 4 aromatic rings. The van der Waals surface area contributed by atoms with Crippen molar-refractivity contribution < 1.29 is 9.18 Å². The van der Waals surface area contributed by atoms with Gasteiger partial charge in [-0.1, -0.05) is 0 Å². The number of benzene rings is 1. The summed E-state index contributed by atoms with van der Waals surface area (Å²) in [7, 11) is 0. The van der Waals surface area contributed by atoms with Gasteiger partial charge in [0.2, 0.25) is 0 Å². The molecule has 3 aromatic heterocycles. The Morgan fingerprint density at radius 1 is 1.40 bits per heavy atom. The van der Waals surface area contributed by atoms with Gasteiger partial charge in [0.05, 0.1) is 16.6 Å². The van der Waals surface area contributed by atoms with Gasteiger partial charge in [-0.2, -0.15) is 5.10 Å². The number of nitrogen functional groups attached to an aromatic ring is 1. The van der Waals surface area contributed by atoms with Gasteiger partial charge in [0.1, 0.15) is 17.2 Å². The van der Waals surface area contributed by atoms with E-state index in [1.54, 1.807) is 29.8 Å². The van der Waals surface area contributed by atoms with E-state index in [0.717, 1.165) is 16.5 Å². The van der Waals surface area contributed by atoms with Crippen molar-refractivity contribution >= 4 is 40.4 Å². The van der Waals surface area contributed by atoms with Gasteiger partial charge in [-0.15, -0.1) is 11.8 Å². The zero-order valence-electron chi connectivity index (χ0n) is 13.5. The molecule has 0 unspecified atom stereocenters. The number of carbonyl (C=O) groups excluding carboxylic acids is 1.